The zero-order valence-corrected chi connectivity index (χ0v) is 11.5. The molecule has 1 heterocycles. The number of rotatable bonds is 4. The van der Waals surface area contributed by atoms with Gasteiger partial charge in [-0.3, -0.25) is 4.98 Å². The van der Waals surface area contributed by atoms with E-state index in [-0.39, 0.29) is 5.25 Å². The van der Waals surface area contributed by atoms with Crippen LogP contribution in [0.5, 0.6) is 0 Å². The molecule has 1 aromatic rings. The highest BCUT2D eigenvalue weighted by molar-refractivity contribution is 7.91. The average molecular weight is 268 g/mol. The standard InChI is InChI=1S/C13H20N2O2S/c1-18(16,17)13-7-4-6-11(9-13)15-10-12-5-2-3-8-14-12/h2-3,5,8,11,13,15H,4,6-7,9-10H2,1H3. The van der Waals surface area contributed by atoms with Crippen molar-refractivity contribution in [1.82, 2.24) is 10.3 Å². The molecule has 18 heavy (non-hydrogen) atoms. The minimum Gasteiger partial charge on any atom is -0.308 e. The molecular formula is C13H20N2O2S. The van der Waals surface area contributed by atoms with E-state index < -0.39 is 9.84 Å². The van der Waals surface area contributed by atoms with E-state index in [2.05, 4.69) is 10.3 Å². The first-order valence-corrected chi connectivity index (χ1v) is 8.33. The molecule has 2 rings (SSSR count). The second kappa shape index (κ2) is 5.80. The van der Waals surface area contributed by atoms with E-state index in [1.807, 2.05) is 18.2 Å². The van der Waals surface area contributed by atoms with E-state index in [1.165, 1.54) is 6.26 Å². The molecule has 0 amide bonds. The van der Waals surface area contributed by atoms with Gasteiger partial charge in [-0.25, -0.2) is 8.42 Å². The van der Waals surface area contributed by atoms with Crippen LogP contribution >= 0.6 is 0 Å². The summed E-state index contributed by atoms with van der Waals surface area (Å²) in [5.41, 5.74) is 0.999. The van der Waals surface area contributed by atoms with Crippen molar-refractivity contribution in [3.63, 3.8) is 0 Å². The number of hydrogen-bond acceptors (Lipinski definition) is 4. The second-order valence-corrected chi connectivity index (χ2v) is 7.34. The van der Waals surface area contributed by atoms with Crippen LogP contribution in [0.15, 0.2) is 24.4 Å². The molecule has 0 bridgehead atoms. The lowest BCUT2D eigenvalue weighted by atomic mass is 9.95. The molecule has 1 N–H and O–H groups in total. The van der Waals surface area contributed by atoms with Crippen molar-refractivity contribution >= 4 is 9.84 Å². The lowest BCUT2D eigenvalue weighted by Crippen LogP contribution is -2.38. The van der Waals surface area contributed by atoms with Gasteiger partial charge in [-0.05, 0) is 31.4 Å². The number of nitrogens with zero attached hydrogens (tertiary/aromatic N) is 1. The van der Waals surface area contributed by atoms with E-state index in [0.717, 1.165) is 31.4 Å². The van der Waals surface area contributed by atoms with Gasteiger partial charge in [0.2, 0.25) is 0 Å². The molecule has 100 valence electrons. The Balaban J connectivity index is 1.87. The quantitative estimate of drug-likeness (QED) is 0.899. The van der Waals surface area contributed by atoms with E-state index in [0.29, 0.717) is 12.6 Å². The van der Waals surface area contributed by atoms with Crippen LogP contribution in [-0.4, -0.2) is 30.9 Å². The molecule has 1 saturated carbocycles. The highest BCUT2D eigenvalue weighted by Crippen LogP contribution is 2.23. The van der Waals surface area contributed by atoms with Gasteiger partial charge in [0.05, 0.1) is 10.9 Å². The molecule has 0 aliphatic heterocycles. The first-order chi connectivity index (χ1) is 8.55. The summed E-state index contributed by atoms with van der Waals surface area (Å²) in [5, 5.41) is 3.24. The SMILES string of the molecule is CS(=O)(=O)C1CCCC(NCc2ccccn2)C1. The predicted molar refractivity (Wildman–Crippen MR) is 72.0 cm³/mol. The maximum atomic E-state index is 11.6. The Hall–Kier alpha value is -0.940. The molecule has 1 aromatic heterocycles. The molecule has 4 nitrogen and oxygen atoms in total. The lowest BCUT2D eigenvalue weighted by molar-refractivity contribution is 0.369. The van der Waals surface area contributed by atoms with Crippen molar-refractivity contribution in [2.45, 2.75) is 43.5 Å². The Morgan fingerprint density at radius 3 is 2.89 bits per heavy atom. The van der Waals surface area contributed by atoms with Crippen LogP contribution in [-0.2, 0) is 16.4 Å². The molecule has 0 aromatic carbocycles. The van der Waals surface area contributed by atoms with Crippen LogP contribution in [0, 0.1) is 0 Å². The molecule has 1 fully saturated rings. The summed E-state index contributed by atoms with van der Waals surface area (Å²) < 4.78 is 23.1. The highest BCUT2D eigenvalue weighted by atomic mass is 32.2. The first kappa shape index (κ1) is 13.5. The fraction of sp³-hybridized carbons (Fsp3) is 0.615. The zero-order valence-electron chi connectivity index (χ0n) is 10.7. The molecule has 1 aliphatic carbocycles. The third-order valence-corrected chi connectivity index (χ3v) is 5.17. The number of nitrogens with one attached hydrogen (secondary N) is 1. The number of sulfone groups is 1. The highest BCUT2D eigenvalue weighted by Gasteiger charge is 2.28. The normalized spacial score (nSPS) is 24.9. The molecular weight excluding hydrogens is 248 g/mol. The van der Waals surface area contributed by atoms with Crippen LogP contribution < -0.4 is 5.32 Å². The maximum Gasteiger partial charge on any atom is 0.150 e. The Morgan fingerprint density at radius 1 is 1.39 bits per heavy atom. The summed E-state index contributed by atoms with van der Waals surface area (Å²) in [7, 11) is -2.90. The average Bonchev–Trinajstić information content (AvgIpc) is 2.37. The van der Waals surface area contributed by atoms with Crippen molar-refractivity contribution in [1.29, 1.82) is 0 Å². The van der Waals surface area contributed by atoms with Gasteiger partial charge in [-0.1, -0.05) is 12.5 Å². The van der Waals surface area contributed by atoms with Gasteiger partial charge in [0.15, 0.2) is 0 Å². The summed E-state index contributed by atoms with van der Waals surface area (Å²) in [6.07, 6.45) is 6.69. The van der Waals surface area contributed by atoms with E-state index >= 15 is 0 Å². The molecule has 0 spiro atoms. The van der Waals surface area contributed by atoms with Crippen molar-refractivity contribution in [2.75, 3.05) is 6.26 Å². The van der Waals surface area contributed by atoms with Crippen molar-refractivity contribution in [2.24, 2.45) is 0 Å². The molecule has 0 saturated heterocycles. The second-order valence-electron chi connectivity index (χ2n) is 5.02. The summed E-state index contributed by atoms with van der Waals surface area (Å²) in [6.45, 7) is 0.710. The van der Waals surface area contributed by atoms with E-state index in [1.54, 1.807) is 6.20 Å². The number of hydrogen-bond donors (Lipinski definition) is 1. The smallest absolute Gasteiger partial charge is 0.150 e. The van der Waals surface area contributed by atoms with Crippen LogP contribution in [0.3, 0.4) is 0 Å². The predicted octanol–water partition coefficient (Wildman–Crippen LogP) is 1.53. The van der Waals surface area contributed by atoms with Crippen molar-refractivity contribution in [3.05, 3.63) is 30.1 Å². The van der Waals surface area contributed by atoms with Crippen LogP contribution in [0.4, 0.5) is 0 Å². The number of aromatic nitrogens is 1. The van der Waals surface area contributed by atoms with Gasteiger partial charge >= 0.3 is 0 Å². The third kappa shape index (κ3) is 3.78. The maximum absolute atomic E-state index is 11.6. The largest absolute Gasteiger partial charge is 0.308 e. The Morgan fingerprint density at radius 2 is 2.22 bits per heavy atom. The summed E-state index contributed by atoms with van der Waals surface area (Å²) >= 11 is 0. The van der Waals surface area contributed by atoms with Crippen LogP contribution in [0.2, 0.25) is 0 Å². The fourth-order valence-electron chi connectivity index (χ4n) is 2.47. The number of pyridine rings is 1. The van der Waals surface area contributed by atoms with Gasteiger partial charge < -0.3 is 5.32 Å². The topological polar surface area (TPSA) is 59.1 Å². The first-order valence-electron chi connectivity index (χ1n) is 6.38. The van der Waals surface area contributed by atoms with Crippen LogP contribution in [0.25, 0.3) is 0 Å². The monoisotopic (exact) mass is 268 g/mol. The molecule has 5 heteroatoms. The summed E-state index contributed by atoms with van der Waals surface area (Å²) in [6, 6.07) is 6.12. The minimum absolute atomic E-state index is 0.174. The Labute approximate surface area is 109 Å². The zero-order chi connectivity index (χ0) is 13.0. The molecule has 1 aliphatic rings. The van der Waals surface area contributed by atoms with Gasteiger partial charge in [0, 0.05) is 25.0 Å². The van der Waals surface area contributed by atoms with Crippen molar-refractivity contribution in [3.8, 4) is 0 Å². The van der Waals surface area contributed by atoms with Gasteiger partial charge in [0.1, 0.15) is 9.84 Å². The lowest BCUT2D eigenvalue weighted by Gasteiger charge is -2.28. The third-order valence-electron chi connectivity index (χ3n) is 3.53. The Bertz CT molecular complexity index is 473. The Kier molecular flexibility index (Phi) is 4.35. The summed E-state index contributed by atoms with van der Waals surface area (Å²) in [4.78, 5) is 4.25. The summed E-state index contributed by atoms with van der Waals surface area (Å²) in [5.74, 6) is 0. The van der Waals surface area contributed by atoms with Gasteiger partial charge in [-0.15, -0.1) is 0 Å². The van der Waals surface area contributed by atoms with Crippen molar-refractivity contribution < 1.29 is 8.42 Å². The van der Waals surface area contributed by atoms with Crippen LogP contribution in [0.1, 0.15) is 31.4 Å². The van der Waals surface area contributed by atoms with Gasteiger partial charge in [0.25, 0.3) is 0 Å². The molecule has 0 radical (unpaired) electrons. The van der Waals surface area contributed by atoms with E-state index in [4.69, 9.17) is 0 Å². The molecule has 2 atom stereocenters. The fourth-order valence-corrected chi connectivity index (χ4v) is 3.65. The minimum atomic E-state index is -2.90. The van der Waals surface area contributed by atoms with E-state index in [9.17, 15) is 8.42 Å². The molecule has 2 unspecified atom stereocenters. The van der Waals surface area contributed by atoms with Gasteiger partial charge in [-0.2, -0.15) is 0 Å².